The van der Waals surface area contributed by atoms with Gasteiger partial charge in [-0.3, -0.25) is 4.79 Å². The molecule has 144 valence electrons. The standard InChI is InChI=1S/C19H20IN7O/c20-26-8-9-27(18-15(21)17(22)24-19(23)25-18)14(10-26)16(28)13-7-3-5-11-4-1-2-6-12(11)13/h1-7,14H,8-10,21H2,(H4,22,23,24,25). The summed E-state index contributed by atoms with van der Waals surface area (Å²) in [5.41, 5.74) is 18.7. The van der Waals surface area contributed by atoms with Crippen LogP contribution in [-0.4, -0.2) is 44.5 Å². The first-order valence-electron chi connectivity index (χ1n) is 8.83. The minimum atomic E-state index is -0.465. The van der Waals surface area contributed by atoms with E-state index in [0.29, 0.717) is 24.5 Å². The Hall–Kier alpha value is -2.66. The lowest BCUT2D eigenvalue weighted by Gasteiger charge is -2.39. The Morgan fingerprint density at radius 1 is 1.04 bits per heavy atom. The molecule has 1 saturated heterocycles. The van der Waals surface area contributed by atoms with E-state index in [4.69, 9.17) is 17.2 Å². The summed E-state index contributed by atoms with van der Waals surface area (Å²) in [6.07, 6.45) is 0. The Balaban J connectivity index is 1.80. The first-order chi connectivity index (χ1) is 13.5. The fraction of sp³-hybridized carbons (Fsp3) is 0.211. The maximum atomic E-state index is 13.6. The first-order valence-corrected chi connectivity index (χ1v) is 9.80. The molecule has 1 aromatic heterocycles. The van der Waals surface area contributed by atoms with Crippen molar-refractivity contribution in [3.05, 3.63) is 48.0 Å². The van der Waals surface area contributed by atoms with Crippen LogP contribution in [0.5, 0.6) is 0 Å². The van der Waals surface area contributed by atoms with Crippen LogP contribution in [0.2, 0.25) is 0 Å². The number of halogens is 1. The Morgan fingerprint density at radius 2 is 1.79 bits per heavy atom. The number of rotatable bonds is 3. The molecule has 0 spiro atoms. The van der Waals surface area contributed by atoms with Crippen molar-refractivity contribution in [3.63, 3.8) is 0 Å². The second-order valence-corrected chi connectivity index (χ2v) is 8.04. The summed E-state index contributed by atoms with van der Waals surface area (Å²) < 4.78 is 2.09. The lowest BCUT2D eigenvalue weighted by Crippen LogP contribution is -2.54. The minimum Gasteiger partial charge on any atom is -0.393 e. The van der Waals surface area contributed by atoms with Gasteiger partial charge in [-0.15, -0.1) is 0 Å². The molecule has 1 aliphatic rings. The molecule has 9 heteroatoms. The van der Waals surface area contributed by atoms with E-state index in [1.807, 2.05) is 47.4 Å². The zero-order chi connectivity index (χ0) is 19.8. The number of fused-ring (bicyclic) bond motifs is 1. The highest BCUT2D eigenvalue weighted by molar-refractivity contribution is 14.1. The summed E-state index contributed by atoms with van der Waals surface area (Å²) in [7, 11) is 0. The molecule has 1 aliphatic heterocycles. The molecule has 0 aliphatic carbocycles. The van der Waals surface area contributed by atoms with Crippen molar-refractivity contribution in [2.24, 2.45) is 0 Å². The van der Waals surface area contributed by atoms with Crippen LogP contribution in [0.1, 0.15) is 10.4 Å². The number of nitrogen functional groups attached to an aromatic ring is 3. The summed E-state index contributed by atoms with van der Waals surface area (Å²) >= 11 is 2.24. The highest BCUT2D eigenvalue weighted by Gasteiger charge is 2.35. The predicted octanol–water partition coefficient (Wildman–Crippen LogP) is 2.10. The fourth-order valence-corrected chi connectivity index (χ4v) is 4.15. The highest BCUT2D eigenvalue weighted by atomic mass is 127. The van der Waals surface area contributed by atoms with Crippen LogP contribution in [-0.2, 0) is 0 Å². The largest absolute Gasteiger partial charge is 0.393 e. The second-order valence-electron chi connectivity index (χ2n) is 6.67. The third-order valence-corrected chi connectivity index (χ3v) is 5.81. The number of hydrogen-bond donors (Lipinski definition) is 3. The Labute approximate surface area is 176 Å². The van der Waals surface area contributed by atoms with Gasteiger partial charge in [0.1, 0.15) is 11.7 Å². The van der Waals surface area contributed by atoms with Crippen molar-refractivity contribution in [3.8, 4) is 0 Å². The summed E-state index contributed by atoms with van der Waals surface area (Å²) in [6.45, 7) is 1.86. The molecule has 1 fully saturated rings. The van der Waals surface area contributed by atoms with Gasteiger partial charge in [-0.05, 0) is 10.8 Å². The number of hydrogen-bond acceptors (Lipinski definition) is 8. The smallest absolute Gasteiger partial charge is 0.224 e. The Kier molecular flexibility index (Phi) is 4.94. The average molecular weight is 489 g/mol. The fourth-order valence-electron chi connectivity index (χ4n) is 3.56. The number of Topliss-reactive ketones (excluding diaryl/α,β-unsaturated/α-hetero) is 1. The number of piperazine rings is 1. The van der Waals surface area contributed by atoms with E-state index in [9.17, 15) is 4.79 Å². The third kappa shape index (κ3) is 3.31. The molecular weight excluding hydrogens is 469 g/mol. The van der Waals surface area contributed by atoms with Crippen LogP contribution in [0, 0.1) is 0 Å². The molecule has 3 aromatic rings. The second kappa shape index (κ2) is 7.40. The SMILES string of the molecule is Nc1nc(N)c(N)c(N2CCN(I)CC2C(=O)c2cccc3ccccc23)n1. The third-order valence-electron chi connectivity index (χ3n) is 4.93. The minimum absolute atomic E-state index is 0.00770. The normalized spacial score (nSPS) is 17.8. The van der Waals surface area contributed by atoms with Crippen LogP contribution < -0.4 is 22.1 Å². The van der Waals surface area contributed by atoms with E-state index < -0.39 is 6.04 Å². The molecule has 4 rings (SSSR count). The Bertz CT molecular complexity index is 1050. The lowest BCUT2D eigenvalue weighted by molar-refractivity contribution is 0.0942. The van der Waals surface area contributed by atoms with Gasteiger partial charge in [-0.2, -0.15) is 9.97 Å². The molecule has 2 heterocycles. The molecule has 1 unspecified atom stereocenters. The van der Waals surface area contributed by atoms with Crippen molar-refractivity contribution >= 4 is 62.7 Å². The van der Waals surface area contributed by atoms with E-state index in [2.05, 4.69) is 35.9 Å². The van der Waals surface area contributed by atoms with Gasteiger partial charge in [0.2, 0.25) is 5.95 Å². The van der Waals surface area contributed by atoms with Gasteiger partial charge in [0.25, 0.3) is 0 Å². The van der Waals surface area contributed by atoms with Crippen molar-refractivity contribution < 1.29 is 4.79 Å². The molecule has 8 nitrogen and oxygen atoms in total. The number of benzene rings is 2. The molecular formula is C19H20IN7O. The van der Waals surface area contributed by atoms with Crippen LogP contribution in [0.4, 0.5) is 23.3 Å². The van der Waals surface area contributed by atoms with E-state index in [-0.39, 0.29) is 23.2 Å². The molecule has 28 heavy (non-hydrogen) atoms. The maximum absolute atomic E-state index is 13.6. The number of carbonyl (C=O) groups is 1. The zero-order valence-electron chi connectivity index (χ0n) is 15.0. The predicted molar refractivity (Wildman–Crippen MR) is 120 cm³/mol. The maximum Gasteiger partial charge on any atom is 0.224 e. The highest BCUT2D eigenvalue weighted by Crippen LogP contribution is 2.31. The molecule has 0 bridgehead atoms. The van der Waals surface area contributed by atoms with Crippen molar-refractivity contribution in [1.82, 2.24) is 13.1 Å². The van der Waals surface area contributed by atoms with Gasteiger partial charge in [-0.25, -0.2) is 3.11 Å². The van der Waals surface area contributed by atoms with Gasteiger partial charge >= 0.3 is 0 Å². The van der Waals surface area contributed by atoms with Crippen molar-refractivity contribution in [2.75, 3.05) is 41.7 Å². The molecule has 0 saturated carbocycles. The summed E-state index contributed by atoms with van der Waals surface area (Å²) in [6, 6.07) is 13.2. The molecule has 1 atom stereocenters. The molecule has 0 radical (unpaired) electrons. The van der Waals surface area contributed by atoms with E-state index in [1.54, 1.807) is 0 Å². The summed E-state index contributed by atoms with van der Waals surface area (Å²) in [5.74, 6) is 0.576. The van der Waals surface area contributed by atoms with Crippen LogP contribution in [0.25, 0.3) is 10.8 Å². The number of ketones is 1. The first kappa shape index (κ1) is 18.7. The number of nitrogens with zero attached hydrogens (tertiary/aromatic N) is 4. The van der Waals surface area contributed by atoms with Gasteiger partial charge in [0.15, 0.2) is 17.4 Å². The lowest BCUT2D eigenvalue weighted by atomic mass is 9.95. The van der Waals surface area contributed by atoms with E-state index in [1.165, 1.54) is 0 Å². The number of carbonyl (C=O) groups excluding carboxylic acids is 1. The monoisotopic (exact) mass is 489 g/mol. The summed E-state index contributed by atoms with van der Waals surface area (Å²) in [4.78, 5) is 23.7. The number of aromatic nitrogens is 2. The summed E-state index contributed by atoms with van der Waals surface area (Å²) in [5, 5.41) is 1.95. The molecule has 6 N–H and O–H groups in total. The number of anilines is 4. The van der Waals surface area contributed by atoms with Gasteiger partial charge in [0, 0.05) is 48.1 Å². The average Bonchev–Trinajstić information content (AvgIpc) is 2.70. The van der Waals surface area contributed by atoms with E-state index in [0.717, 1.165) is 17.3 Å². The van der Waals surface area contributed by atoms with Crippen molar-refractivity contribution in [2.45, 2.75) is 6.04 Å². The Morgan fingerprint density at radius 3 is 2.61 bits per heavy atom. The quantitative estimate of drug-likeness (QED) is 0.290. The van der Waals surface area contributed by atoms with Gasteiger partial charge in [-0.1, -0.05) is 42.5 Å². The molecule has 0 amide bonds. The molecule has 2 aromatic carbocycles. The van der Waals surface area contributed by atoms with Gasteiger partial charge < -0.3 is 22.1 Å². The van der Waals surface area contributed by atoms with E-state index >= 15 is 0 Å². The van der Waals surface area contributed by atoms with Crippen molar-refractivity contribution in [1.29, 1.82) is 0 Å². The van der Waals surface area contributed by atoms with Crippen LogP contribution in [0.15, 0.2) is 42.5 Å². The zero-order valence-corrected chi connectivity index (χ0v) is 17.2. The van der Waals surface area contributed by atoms with Crippen LogP contribution in [0.3, 0.4) is 0 Å². The number of nitrogens with two attached hydrogens (primary N) is 3. The topological polar surface area (TPSA) is 127 Å². The van der Waals surface area contributed by atoms with Crippen LogP contribution >= 0.6 is 22.9 Å². The van der Waals surface area contributed by atoms with Gasteiger partial charge in [0.05, 0.1) is 0 Å².